The van der Waals surface area contributed by atoms with Gasteiger partial charge in [-0.05, 0) is 31.6 Å². The summed E-state index contributed by atoms with van der Waals surface area (Å²) in [5.41, 5.74) is -1.57. The van der Waals surface area contributed by atoms with Crippen LogP contribution >= 0.6 is 0 Å². The first-order valence-corrected chi connectivity index (χ1v) is 7.98. The number of rotatable bonds is 7. The number of hydrogen-bond acceptors (Lipinski definition) is 3. The molecular weight excluding hydrogens is 270 g/mol. The number of aliphatic carboxylic acids is 1. The van der Waals surface area contributed by atoms with Gasteiger partial charge in [-0.1, -0.05) is 33.6 Å². The fourth-order valence-electron chi connectivity index (χ4n) is 3.48. The predicted octanol–water partition coefficient (Wildman–Crippen LogP) is 2.32. The van der Waals surface area contributed by atoms with Crippen LogP contribution in [0, 0.1) is 11.3 Å². The van der Waals surface area contributed by atoms with Gasteiger partial charge in [-0.3, -0.25) is 9.59 Å². The summed E-state index contributed by atoms with van der Waals surface area (Å²) in [6, 6.07) is 0. The van der Waals surface area contributed by atoms with Crippen molar-refractivity contribution in [3.8, 4) is 0 Å². The van der Waals surface area contributed by atoms with Gasteiger partial charge in [0, 0.05) is 6.42 Å². The molecule has 1 fully saturated rings. The molecule has 0 heterocycles. The topological polar surface area (TPSA) is 86.6 Å². The summed E-state index contributed by atoms with van der Waals surface area (Å²) >= 11 is 0. The Morgan fingerprint density at radius 2 is 1.95 bits per heavy atom. The summed E-state index contributed by atoms with van der Waals surface area (Å²) in [6.45, 7) is 5.64. The maximum absolute atomic E-state index is 12.3. The van der Waals surface area contributed by atoms with E-state index in [0.717, 1.165) is 25.7 Å². The predicted molar refractivity (Wildman–Crippen MR) is 80.9 cm³/mol. The van der Waals surface area contributed by atoms with E-state index in [4.69, 9.17) is 0 Å². The van der Waals surface area contributed by atoms with Crippen LogP contribution in [0.1, 0.15) is 65.7 Å². The van der Waals surface area contributed by atoms with Crippen LogP contribution in [0.2, 0.25) is 0 Å². The summed E-state index contributed by atoms with van der Waals surface area (Å²) in [6.07, 6.45) is 4.44. The number of carbonyl (C=O) groups is 2. The van der Waals surface area contributed by atoms with Crippen LogP contribution in [0.15, 0.2) is 0 Å². The normalized spacial score (nSPS) is 26.4. The van der Waals surface area contributed by atoms with Crippen LogP contribution in [-0.2, 0) is 9.59 Å². The minimum absolute atomic E-state index is 0.0224. The highest BCUT2D eigenvalue weighted by Crippen LogP contribution is 2.34. The number of amides is 1. The van der Waals surface area contributed by atoms with Crippen molar-refractivity contribution in [3.05, 3.63) is 0 Å². The first kappa shape index (κ1) is 18.0. The van der Waals surface area contributed by atoms with E-state index in [1.54, 1.807) is 13.8 Å². The molecule has 0 aromatic rings. The van der Waals surface area contributed by atoms with E-state index < -0.39 is 16.9 Å². The van der Waals surface area contributed by atoms with Crippen molar-refractivity contribution >= 4 is 11.9 Å². The Kier molecular flexibility index (Phi) is 6.20. The maximum Gasteiger partial charge on any atom is 0.310 e. The Morgan fingerprint density at radius 3 is 2.38 bits per heavy atom. The molecule has 1 aliphatic carbocycles. The van der Waals surface area contributed by atoms with Crippen molar-refractivity contribution < 1.29 is 19.8 Å². The maximum atomic E-state index is 12.3. The molecule has 1 rings (SSSR count). The first-order valence-electron chi connectivity index (χ1n) is 7.98. The molecule has 21 heavy (non-hydrogen) atoms. The third-order valence-electron chi connectivity index (χ3n) is 5.10. The third-order valence-corrected chi connectivity index (χ3v) is 5.10. The molecule has 122 valence electrons. The molecular formula is C16H29NO4. The van der Waals surface area contributed by atoms with Crippen molar-refractivity contribution in [2.45, 2.75) is 71.3 Å². The highest BCUT2D eigenvalue weighted by molar-refractivity contribution is 5.85. The molecule has 5 heteroatoms. The van der Waals surface area contributed by atoms with Gasteiger partial charge in [-0.15, -0.1) is 0 Å². The molecule has 0 bridgehead atoms. The Morgan fingerprint density at radius 1 is 1.33 bits per heavy atom. The quantitative estimate of drug-likeness (QED) is 0.673. The number of carbonyl (C=O) groups excluding carboxylic acids is 1. The zero-order valence-electron chi connectivity index (χ0n) is 13.4. The summed E-state index contributed by atoms with van der Waals surface area (Å²) in [5.74, 6) is -0.713. The number of nitrogens with one attached hydrogen (secondary N) is 1. The molecule has 0 aliphatic heterocycles. The lowest BCUT2D eigenvalue weighted by atomic mass is 9.75. The van der Waals surface area contributed by atoms with Gasteiger partial charge in [0.1, 0.15) is 0 Å². The van der Waals surface area contributed by atoms with Gasteiger partial charge in [0.2, 0.25) is 5.91 Å². The Balaban J connectivity index is 2.77. The summed E-state index contributed by atoms with van der Waals surface area (Å²) in [4.78, 5) is 23.8. The smallest absolute Gasteiger partial charge is 0.310 e. The summed E-state index contributed by atoms with van der Waals surface area (Å²) in [7, 11) is 0. The second kappa shape index (κ2) is 7.25. The van der Waals surface area contributed by atoms with Crippen molar-refractivity contribution in [1.29, 1.82) is 0 Å². The van der Waals surface area contributed by atoms with Gasteiger partial charge < -0.3 is 15.5 Å². The molecule has 0 radical (unpaired) electrons. The fraction of sp³-hybridized carbons (Fsp3) is 0.875. The highest BCUT2D eigenvalue weighted by Gasteiger charge is 2.40. The number of carboxylic acids is 1. The van der Waals surface area contributed by atoms with Gasteiger partial charge in [-0.2, -0.15) is 0 Å². The lowest BCUT2D eigenvalue weighted by Crippen LogP contribution is -2.55. The van der Waals surface area contributed by atoms with Crippen LogP contribution in [0.25, 0.3) is 0 Å². The molecule has 0 aromatic heterocycles. The molecule has 0 aromatic carbocycles. The van der Waals surface area contributed by atoms with Crippen LogP contribution in [-0.4, -0.2) is 34.2 Å². The molecule has 1 aliphatic rings. The largest absolute Gasteiger partial charge is 0.481 e. The summed E-state index contributed by atoms with van der Waals surface area (Å²) in [5, 5.41) is 22.1. The standard InChI is InChI=1S/C16H29NO4/c1-4-15(5-2,14(20)21)10-13(19)17-16(11-18)8-6-7-12(3)9-16/h12,18H,4-11H2,1-3H3,(H,17,19)(H,20,21). The van der Waals surface area contributed by atoms with E-state index in [1.807, 2.05) is 0 Å². The third kappa shape index (κ3) is 4.19. The molecule has 2 unspecified atom stereocenters. The van der Waals surface area contributed by atoms with Crippen molar-refractivity contribution in [3.63, 3.8) is 0 Å². The zero-order valence-corrected chi connectivity index (χ0v) is 13.4. The minimum atomic E-state index is -0.999. The molecule has 0 spiro atoms. The zero-order chi connectivity index (χ0) is 16.1. The van der Waals surface area contributed by atoms with Gasteiger partial charge in [0.15, 0.2) is 0 Å². The molecule has 2 atom stereocenters. The van der Waals surface area contributed by atoms with Crippen LogP contribution in [0.4, 0.5) is 0 Å². The van der Waals surface area contributed by atoms with Crippen molar-refractivity contribution in [1.82, 2.24) is 5.32 Å². The molecule has 3 N–H and O–H groups in total. The molecule has 1 saturated carbocycles. The van der Waals surface area contributed by atoms with Gasteiger partial charge >= 0.3 is 5.97 Å². The van der Waals surface area contributed by atoms with E-state index in [2.05, 4.69) is 12.2 Å². The van der Waals surface area contributed by atoms with E-state index in [-0.39, 0.29) is 18.9 Å². The second-order valence-corrected chi connectivity index (χ2v) is 6.66. The second-order valence-electron chi connectivity index (χ2n) is 6.66. The first-order chi connectivity index (χ1) is 9.83. The molecule has 0 saturated heterocycles. The highest BCUT2D eigenvalue weighted by atomic mass is 16.4. The molecule has 1 amide bonds. The number of aliphatic hydroxyl groups is 1. The van der Waals surface area contributed by atoms with Crippen molar-refractivity contribution in [2.24, 2.45) is 11.3 Å². The lowest BCUT2D eigenvalue weighted by Gasteiger charge is -2.40. The Bertz CT molecular complexity index is 378. The monoisotopic (exact) mass is 299 g/mol. The fourth-order valence-corrected chi connectivity index (χ4v) is 3.48. The SMILES string of the molecule is CCC(CC)(CC(=O)NC1(CO)CCCC(C)C1)C(=O)O. The summed E-state index contributed by atoms with van der Waals surface area (Å²) < 4.78 is 0. The van der Waals surface area contributed by atoms with E-state index in [0.29, 0.717) is 18.8 Å². The average Bonchev–Trinajstić information content (AvgIpc) is 2.44. The van der Waals surface area contributed by atoms with Crippen LogP contribution < -0.4 is 5.32 Å². The number of aliphatic hydroxyl groups excluding tert-OH is 1. The molecule has 5 nitrogen and oxygen atoms in total. The van der Waals surface area contributed by atoms with Crippen LogP contribution in [0.3, 0.4) is 0 Å². The van der Waals surface area contributed by atoms with Gasteiger partial charge in [-0.25, -0.2) is 0 Å². The minimum Gasteiger partial charge on any atom is -0.481 e. The Labute approximate surface area is 127 Å². The van der Waals surface area contributed by atoms with Gasteiger partial charge in [0.25, 0.3) is 0 Å². The van der Waals surface area contributed by atoms with Crippen LogP contribution in [0.5, 0.6) is 0 Å². The lowest BCUT2D eigenvalue weighted by molar-refractivity contribution is -0.152. The van der Waals surface area contributed by atoms with E-state index in [9.17, 15) is 19.8 Å². The van der Waals surface area contributed by atoms with Crippen molar-refractivity contribution in [2.75, 3.05) is 6.61 Å². The Hall–Kier alpha value is -1.10. The van der Waals surface area contributed by atoms with E-state index in [1.165, 1.54) is 0 Å². The van der Waals surface area contributed by atoms with E-state index >= 15 is 0 Å². The number of hydrogen-bond donors (Lipinski definition) is 3. The average molecular weight is 299 g/mol. The number of carboxylic acid groups (broad SMARTS) is 1. The van der Waals surface area contributed by atoms with Gasteiger partial charge in [0.05, 0.1) is 17.6 Å².